The molecule has 0 aliphatic rings. The zero-order valence-corrected chi connectivity index (χ0v) is 8.57. The predicted octanol–water partition coefficient (Wildman–Crippen LogP) is 3.09. The van der Waals surface area contributed by atoms with Crippen molar-refractivity contribution in [1.29, 1.82) is 0 Å². The fourth-order valence-corrected chi connectivity index (χ4v) is 0.678. The zero-order valence-electron chi connectivity index (χ0n) is 8.57. The van der Waals surface area contributed by atoms with Gasteiger partial charge in [0.2, 0.25) is 0 Å². The Morgan fingerprint density at radius 1 is 0.750 bits per heavy atom. The second-order valence-corrected chi connectivity index (χ2v) is 3.45. The van der Waals surface area contributed by atoms with Crippen LogP contribution in [0, 0.1) is 35.5 Å². The van der Waals surface area contributed by atoms with Crippen molar-refractivity contribution < 1.29 is 0 Å². The molecule has 66 valence electrons. The van der Waals surface area contributed by atoms with Gasteiger partial charge >= 0.3 is 0 Å². The minimum absolute atomic E-state index is 0.489. The van der Waals surface area contributed by atoms with Crippen molar-refractivity contribution in [2.45, 2.75) is 40.5 Å². The first-order valence-corrected chi connectivity index (χ1v) is 4.59. The molecule has 0 aromatic rings. The molecule has 0 N–H and O–H groups in total. The van der Waals surface area contributed by atoms with Crippen molar-refractivity contribution in [1.82, 2.24) is 0 Å². The summed E-state index contributed by atoms with van der Waals surface area (Å²) in [6.45, 7) is 8.42. The van der Waals surface area contributed by atoms with Gasteiger partial charge in [0.25, 0.3) is 0 Å². The van der Waals surface area contributed by atoms with E-state index >= 15 is 0 Å². The van der Waals surface area contributed by atoms with Gasteiger partial charge in [-0.3, -0.25) is 0 Å². The standard InChI is InChI=1S/C12H18/c1-11(2)9-7-5-6-8-10-12(3)4/h11-12H,5-6H2,1-4H3. The number of hydrogen-bond donors (Lipinski definition) is 0. The fourth-order valence-electron chi connectivity index (χ4n) is 0.678. The van der Waals surface area contributed by atoms with Gasteiger partial charge in [-0.2, -0.15) is 0 Å². The lowest BCUT2D eigenvalue weighted by molar-refractivity contribution is 0.860. The normalized spacial score (nSPS) is 8.83. The second kappa shape index (κ2) is 6.81. The van der Waals surface area contributed by atoms with Crippen LogP contribution in [-0.4, -0.2) is 0 Å². The van der Waals surface area contributed by atoms with Gasteiger partial charge in [-0.25, -0.2) is 0 Å². The molecule has 0 saturated heterocycles. The molecule has 0 amide bonds. The van der Waals surface area contributed by atoms with Gasteiger partial charge in [0, 0.05) is 24.7 Å². The van der Waals surface area contributed by atoms with Crippen molar-refractivity contribution in [3.8, 4) is 23.7 Å². The van der Waals surface area contributed by atoms with E-state index in [-0.39, 0.29) is 0 Å². The van der Waals surface area contributed by atoms with E-state index < -0.39 is 0 Å². The monoisotopic (exact) mass is 162 g/mol. The molecule has 0 radical (unpaired) electrons. The van der Waals surface area contributed by atoms with Gasteiger partial charge in [0.15, 0.2) is 0 Å². The van der Waals surface area contributed by atoms with E-state index in [1.807, 2.05) is 0 Å². The summed E-state index contributed by atoms with van der Waals surface area (Å²) in [4.78, 5) is 0. The molecule has 0 aromatic carbocycles. The largest absolute Gasteiger partial charge is 0.102 e. The Morgan fingerprint density at radius 2 is 1.08 bits per heavy atom. The molecule has 0 aromatic heterocycles. The zero-order chi connectivity index (χ0) is 9.40. The van der Waals surface area contributed by atoms with Crippen LogP contribution >= 0.6 is 0 Å². The molecule has 0 aliphatic heterocycles. The van der Waals surface area contributed by atoms with Crippen LogP contribution in [0.2, 0.25) is 0 Å². The van der Waals surface area contributed by atoms with Crippen molar-refractivity contribution in [3.63, 3.8) is 0 Å². The highest BCUT2D eigenvalue weighted by Crippen LogP contribution is 1.91. The van der Waals surface area contributed by atoms with E-state index in [0.29, 0.717) is 11.8 Å². The van der Waals surface area contributed by atoms with Crippen LogP contribution in [0.5, 0.6) is 0 Å². The summed E-state index contributed by atoms with van der Waals surface area (Å²) >= 11 is 0. The quantitative estimate of drug-likeness (QED) is 0.410. The Balaban J connectivity index is 3.49. The highest BCUT2D eigenvalue weighted by molar-refractivity contribution is 5.07. The average molecular weight is 162 g/mol. The maximum atomic E-state index is 3.12. The topological polar surface area (TPSA) is 0 Å². The lowest BCUT2D eigenvalue weighted by Crippen LogP contribution is -1.79. The molecule has 0 saturated carbocycles. The molecule has 0 spiro atoms. The third kappa shape index (κ3) is 9.12. The van der Waals surface area contributed by atoms with E-state index in [1.165, 1.54) is 0 Å². The lowest BCUT2D eigenvalue weighted by atomic mass is 10.2. The molecule has 12 heavy (non-hydrogen) atoms. The summed E-state index contributed by atoms with van der Waals surface area (Å²) in [5.74, 6) is 13.4. The SMILES string of the molecule is CC(C)C#CCCC#CC(C)C. The molecule has 0 aliphatic carbocycles. The average Bonchev–Trinajstić information content (AvgIpc) is 1.95. The molecular weight excluding hydrogens is 144 g/mol. The van der Waals surface area contributed by atoms with Crippen LogP contribution in [0.3, 0.4) is 0 Å². The Morgan fingerprint density at radius 3 is 1.33 bits per heavy atom. The van der Waals surface area contributed by atoms with Crippen molar-refractivity contribution >= 4 is 0 Å². The van der Waals surface area contributed by atoms with Crippen molar-refractivity contribution in [2.75, 3.05) is 0 Å². The number of rotatable bonds is 1. The van der Waals surface area contributed by atoms with Gasteiger partial charge in [0.05, 0.1) is 0 Å². The van der Waals surface area contributed by atoms with Crippen LogP contribution in [0.25, 0.3) is 0 Å². The number of hydrogen-bond acceptors (Lipinski definition) is 0. The molecule has 0 rings (SSSR count). The Kier molecular flexibility index (Phi) is 6.31. The fraction of sp³-hybridized carbons (Fsp3) is 0.667. The van der Waals surface area contributed by atoms with Crippen molar-refractivity contribution in [3.05, 3.63) is 0 Å². The van der Waals surface area contributed by atoms with Gasteiger partial charge in [-0.15, -0.1) is 23.7 Å². The van der Waals surface area contributed by atoms with E-state index in [0.717, 1.165) is 12.8 Å². The maximum absolute atomic E-state index is 3.12. The lowest BCUT2D eigenvalue weighted by Gasteiger charge is -1.87. The van der Waals surface area contributed by atoms with Crippen LogP contribution in [0.4, 0.5) is 0 Å². The van der Waals surface area contributed by atoms with Crippen LogP contribution in [0.1, 0.15) is 40.5 Å². The van der Waals surface area contributed by atoms with Crippen LogP contribution in [0.15, 0.2) is 0 Å². The van der Waals surface area contributed by atoms with Gasteiger partial charge in [0.1, 0.15) is 0 Å². The highest BCUT2D eigenvalue weighted by Gasteiger charge is 1.82. The summed E-state index contributed by atoms with van der Waals surface area (Å²) in [5, 5.41) is 0. The molecule has 0 nitrogen and oxygen atoms in total. The second-order valence-electron chi connectivity index (χ2n) is 3.45. The first kappa shape index (κ1) is 11.1. The summed E-state index contributed by atoms with van der Waals surface area (Å²) in [5.41, 5.74) is 0. The van der Waals surface area contributed by atoms with E-state index in [9.17, 15) is 0 Å². The molecule has 0 fully saturated rings. The van der Waals surface area contributed by atoms with Gasteiger partial charge in [-0.05, 0) is 0 Å². The molecular formula is C12H18. The molecule has 0 heterocycles. The minimum atomic E-state index is 0.489. The Hall–Kier alpha value is -0.880. The molecule has 0 unspecified atom stereocenters. The van der Waals surface area contributed by atoms with Crippen LogP contribution in [-0.2, 0) is 0 Å². The first-order chi connectivity index (χ1) is 5.63. The van der Waals surface area contributed by atoms with Gasteiger partial charge < -0.3 is 0 Å². The first-order valence-electron chi connectivity index (χ1n) is 4.59. The van der Waals surface area contributed by atoms with Crippen LogP contribution < -0.4 is 0 Å². The summed E-state index contributed by atoms with van der Waals surface area (Å²) in [7, 11) is 0. The third-order valence-corrected chi connectivity index (χ3v) is 1.16. The molecule has 0 atom stereocenters. The third-order valence-electron chi connectivity index (χ3n) is 1.16. The number of unbranched alkanes of at least 4 members (excludes halogenated alkanes) is 1. The highest BCUT2D eigenvalue weighted by atomic mass is 13.9. The summed E-state index contributed by atoms with van der Waals surface area (Å²) in [6.07, 6.45) is 1.83. The summed E-state index contributed by atoms with van der Waals surface area (Å²) < 4.78 is 0. The smallest absolute Gasteiger partial charge is 0.0199 e. The van der Waals surface area contributed by atoms with Gasteiger partial charge in [-0.1, -0.05) is 27.7 Å². The Labute approximate surface area is 76.8 Å². The summed E-state index contributed by atoms with van der Waals surface area (Å²) in [6, 6.07) is 0. The van der Waals surface area contributed by atoms with E-state index in [2.05, 4.69) is 51.4 Å². The van der Waals surface area contributed by atoms with E-state index in [1.54, 1.807) is 0 Å². The van der Waals surface area contributed by atoms with E-state index in [4.69, 9.17) is 0 Å². The predicted molar refractivity (Wildman–Crippen MR) is 54.5 cm³/mol. The minimum Gasteiger partial charge on any atom is -0.102 e. The molecule has 0 bridgehead atoms. The molecule has 0 heteroatoms. The maximum Gasteiger partial charge on any atom is 0.0199 e. The Bertz CT molecular complexity index is 186. The van der Waals surface area contributed by atoms with Crippen molar-refractivity contribution in [2.24, 2.45) is 11.8 Å².